The van der Waals surface area contributed by atoms with Crippen LogP contribution in [0, 0.1) is 6.92 Å². The smallest absolute Gasteiger partial charge is 0.406 e. The highest BCUT2D eigenvalue weighted by Gasteiger charge is 2.31. The van der Waals surface area contributed by atoms with Gasteiger partial charge >= 0.3 is 6.36 Å². The van der Waals surface area contributed by atoms with Crippen molar-refractivity contribution in [2.45, 2.75) is 45.0 Å². The molecule has 2 N–H and O–H groups in total. The summed E-state index contributed by atoms with van der Waals surface area (Å²) in [6.07, 6.45) is 0.0690. The molecule has 32 heavy (non-hydrogen) atoms. The second kappa shape index (κ2) is 8.89. The molecule has 4 rings (SSSR count). The number of rotatable bonds is 7. The summed E-state index contributed by atoms with van der Waals surface area (Å²) in [5, 5.41) is 10.5. The molecule has 0 unspecified atom stereocenters. The molecule has 1 fully saturated rings. The summed E-state index contributed by atoms with van der Waals surface area (Å²) in [6, 6.07) is 11.0. The molecular formula is C22H22F3N5O2. The van der Waals surface area contributed by atoms with Gasteiger partial charge in [0.15, 0.2) is 5.82 Å². The molecule has 1 aliphatic carbocycles. The van der Waals surface area contributed by atoms with Crippen molar-refractivity contribution in [2.24, 2.45) is 0 Å². The lowest BCUT2D eigenvalue weighted by atomic mass is 9.93. The van der Waals surface area contributed by atoms with E-state index >= 15 is 0 Å². The number of pyridine rings is 1. The number of alkyl halides is 3. The van der Waals surface area contributed by atoms with Crippen LogP contribution in [0.1, 0.15) is 30.7 Å². The Labute approximate surface area is 182 Å². The second-order valence-corrected chi connectivity index (χ2v) is 7.66. The number of carbonyl (C=O) groups excluding carboxylic acids is 1. The van der Waals surface area contributed by atoms with Crippen LogP contribution in [0.4, 0.5) is 24.7 Å². The van der Waals surface area contributed by atoms with E-state index in [9.17, 15) is 18.0 Å². The summed E-state index contributed by atoms with van der Waals surface area (Å²) in [7, 11) is 0. The first-order valence-corrected chi connectivity index (χ1v) is 10.2. The Balaban J connectivity index is 1.58. The van der Waals surface area contributed by atoms with Crippen molar-refractivity contribution >= 4 is 17.4 Å². The fourth-order valence-electron chi connectivity index (χ4n) is 3.41. The molecule has 1 saturated carbocycles. The van der Waals surface area contributed by atoms with E-state index in [1.165, 1.54) is 18.2 Å². The van der Waals surface area contributed by atoms with Crippen molar-refractivity contribution in [3.63, 3.8) is 0 Å². The van der Waals surface area contributed by atoms with Crippen LogP contribution < -0.4 is 15.4 Å². The Kier molecular flexibility index (Phi) is 6.02. The summed E-state index contributed by atoms with van der Waals surface area (Å²) < 4.78 is 43.2. The van der Waals surface area contributed by atoms with Crippen molar-refractivity contribution in [2.75, 3.05) is 5.32 Å². The van der Waals surface area contributed by atoms with Gasteiger partial charge in [0.05, 0.1) is 17.8 Å². The van der Waals surface area contributed by atoms with Gasteiger partial charge in [-0.25, -0.2) is 4.68 Å². The predicted octanol–water partition coefficient (Wildman–Crippen LogP) is 4.43. The number of nitrogens with one attached hydrogen (secondary N) is 2. The molecule has 0 saturated heterocycles. The molecule has 2 heterocycles. The highest BCUT2D eigenvalue weighted by molar-refractivity contribution is 5.79. The SMILES string of the molecule is Cc1cc(-n2nc(Nc3cccc(OC(F)(F)F)c3)cc2CC(=O)NC2CCC2)ccn1. The molecule has 1 amide bonds. The van der Waals surface area contributed by atoms with E-state index < -0.39 is 6.36 Å². The van der Waals surface area contributed by atoms with Gasteiger partial charge in [-0.3, -0.25) is 9.78 Å². The van der Waals surface area contributed by atoms with E-state index in [1.54, 1.807) is 29.1 Å². The topological polar surface area (TPSA) is 81.1 Å². The van der Waals surface area contributed by atoms with Crippen molar-refractivity contribution in [3.8, 4) is 11.4 Å². The van der Waals surface area contributed by atoms with Crippen LogP contribution in [0.15, 0.2) is 48.7 Å². The number of hydrogen-bond acceptors (Lipinski definition) is 5. The van der Waals surface area contributed by atoms with Crippen molar-refractivity contribution in [1.29, 1.82) is 0 Å². The van der Waals surface area contributed by atoms with Crippen molar-refractivity contribution in [1.82, 2.24) is 20.1 Å². The number of hydrogen-bond donors (Lipinski definition) is 2. The Bertz CT molecular complexity index is 1110. The lowest BCUT2D eigenvalue weighted by Gasteiger charge is -2.26. The highest BCUT2D eigenvalue weighted by atomic mass is 19.4. The first kappa shape index (κ1) is 21.7. The van der Waals surface area contributed by atoms with E-state index in [0.29, 0.717) is 17.2 Å². The molecule has 0 atom stereocenters. The summed E-state index contributed by atoms with van der Waals surface area (Å²) in [4.78, 5) is 16.7. The third-order valence-electron chi connectivity index (χ3n) is 5.06. The average molecular weight is 445 g/mol. The zero-order chi connectivity index (χ0) is 22.7. The lowest BCUT2D eigenvalue weighted by Crippen LogP contribution is -2.40. The van der Waals surface area contributed by atoms with Crippen LogP contribution in [0.3, 0.4) is 0 Å². The highest BCUT2D eigenvalue weighted by Crippen LogP contribution is 2.27. The maximum atomic E-state index is 12.5. The minimum atomic E-state index is -4.78. The first-order valence-electron chi connectivity index (χ1n) is 10.2. The van der Waals surface area contributed by atoms with Gasteiger partial charge < -0.3 is 15.4 Å². The van der Waals surface area contributed by atoms with E-state index in [4.69, 9.17) is 0 Å². The monoisotopic (exact) mass is 445 g/mol. The van der Waals surface area contributed by atoms with E-state index in [1.807, 2.05) is 13.0 Å². The van der Waals surface area contributed by atoms with Gasteiger partial charge in [0.25, 0.3) is 0 Å². The fourth-order valence-corrected chi connectivity index (χ4v) is 3.41. The zero-order valence-corrected chi connectivity index (χ0v) is 17.3. The standard InChI is InChI=1S/C22H22F3N5O2/c1-14-10-17(8-9-26-14)30-18(13-21(31)28-15-4-2-5-15)12-20(29-30)27-16-6-3-7-19(11-16)32-22(23,24)25/h3,6-12,15H,2,4-5,13H2,1H3,(H,27,29)(H,28,31). The zero-order valence-electron chi connectivity index (χ0n) is 17.3. The van der Waals surface area contributed by atoms with Gasteiger partial charge in [-0.15, -0.1) is 18.3 Å². The maximum Gasteiger partial charge on any atom is 0.573 e. The number of halogens is 3. The molecular weight excluding hydrogens is 423 g/mol. The molecule has 0 bridgehead atoms. The van der Waals surface area contributed by atoms with Gasteiger partial charge in [0.2, 0.25) is 5.91 Å². The summed E-state index contributed by atoms with van der Waals surface area (Å²) in [5.74, 6) is -0.0596. The fraction of sp³-hybridized carbons (Fsp3) is 0.318. The summed E-state index contributed by atoms with van der Waals surface area (Å²) >= 11 is 0. The molecule has 0 spiro atoms. The van der Waals surface area contributed by atoms with Gasteiger partial charge in [-0.05, 0) is 50.5 Å². The Morgan fingerprint density at radius 3 is 2.72 bits per heavy atom. The number of anilines is 2. The largest absolute Gasteiger partial charge is 0.573 e. The van der Waals surface area contributed by atoms with Gasteiger partial charge in [-0.2, -0.15) is 0 Å². The van der Waals surface area contributed by atoms with Crippen molar-refractivity contribution in [3.05, 3.63) is 60.0 Å². The van der Waals surface area contributed by atoms with E-state index in [0.717, 1.165) is 30.6 Å². The summed E-state index contributed by atoms with van der Waals surface area (Å²) in [6.45, 7) is 1.85. The molecule has 0 radical (unpaired) electrons. The number of nitrogens with zero attached hydrogens (tertiary/aromatic N) is 3. The Morgan fingerprint density at radius 2 is 2.03 bits per heavy atom. The minimum absolute atomic E-state index is 0.103. The summed E-state index contributed by atoms with van der Waals surface area (Å²) in [5.41, 5.74) is 2.52. The van der Waals surface area contributed by atoms with E-state index in [-0.39, 0.29) is 24.1 Å². The van der Waals surface area contributed by atoms with Crippen LogP contribution >= 0.6 is 0 Å². The van der Waals surface area contributed by atoms with Crippen LogP contribution in [0.2, 0.25) is 0 Å². The van der Waals surface area contributed by atoms with Gasteiger partial charge in [0.1, 0.15) is 5.75 Å². The molecule has 1 aliphatic rings. The number of aromatic nitrogens is 3. The molecule has 2 aromatic heterocycles. The second-order valence-electron chi connectivity index (χ2n) is 7.66. The van der Waals surface area contributed by atoms with Crippen molar-refractivity contribution < 1.29 is 22.7 Å². The van der Waals surface area contributed by atoms with Crippen LogP contribution in [-0.4, -0.2) is 33.1 Å². The van der Waals surface area contributed by atoms with E-state index in [2.05, 4.69) is 25.5 Å². The number of ether oxygens (including phenoxy) is 1. The maximum absolute atomic E-state index is 12.5. The molecule has 10 heteroatoms. The van der Waals surface area contributed by atoms with Crippen LogP contribution in [-0.2, 0) is 11.2 Å². The lowest BCUT2D eigenvalue weighted by molar-refractivity contribution is -0.274. The molecule has 168 valence electrons. The third-order valence-corrected chi connectivity index (χ3v) is 5.06. The number of benzene rings is 1. The van der Waals surface area contributed by atoms with Gasteiger partial charge in [-0.1, -0.05) is 6.07 Å². The number of aryl methyl sites for hydroxylation is 1. The Hall–Kier alpha value is -3.56. The molecule has 1 aromatic carbocycles. The Morgan fingerprint density at radius 1 is 1.22 bits per heavy atom. The molecule has 0 aliphatic heterocycles. The average Bonchev–Trinajstić information content (AvgIpc) is 3.06. The first-order chi connectivity index (χ1) is 15.2. The normalized spacial score (nSPS) is 14.0. The minimum Gasteiger partial charge on any atom is -0.406 e. The van der Waals surface area contributed by atoms with Crippen LogP contribution in [0.5, 0.6) is 5.75 Å². The molecule has 7 nitrogen and oxygen atoms in total. The van der Waals surface area contributed by atoms with Crippen LogP contribution in [0.25, 0.3) is 5.69 Å². The predicted molar refractivity (Wildman–Crippen MR) is 112 cm³/mol. The molecule has 3 aromatic rings. The number of carbonyl (C=O) groups is 1. The number of amides is 1. The van der Waals surface area contributed by atoms with Gasteiger partial charge in [0, 0.05) is 35.8 Å². The third kappa shape index (κ3) is 5.57. The quantitative estimate of drug-likeness (QED) is 0.563.